The average Bonchev–Trinajstić information content (AvgIpc) is 3.36. The molecule has 200 valence electrons. The van der Waals surface area contributed by atoms with E-state index in [1.807, 2.05) is 53.4 Å². The Morgan fingerprint density at radius 2 is 1.63 bits per heavy atom. The van der Waals surface area contributed by atoms with Gasteiger partial charge < -0.3 is 19.9 Å². The molecule has 3 aromatic carbocycles. The lowest BCUT2D eigenvalue weighted by Crippen LogP contribution is -2.36. The standard InChI is InChI=1S/C28H26Cl5N3O2/c1-18-14-22(30)8-9-25(18)34-26(37)10-11-35-12-13-36(17-35)28(33)27(19-2-5-21(29)6-3-19)38-16-20-4-7-23(31)15-24(20)32/h2-9,12-15,27-28H,10-11,16-17H2,1H3,(H,34,37). The first-order chi connectivity index (χ1) is 18.2. The van der Waals surface area contributed by atoms with Gasteiger partial charge in [0.15, 0.2) is 0 Å². The monoisotopic (exact) mass is 611 g/mol. The Kier molecular flexibility index (Phi) is 10.1. The molecule has 1 N–H and O–H groups in total. The number of benzene rings is 3. The molecule has 0 radical (unpaired) electrons. The van der Waals surface area contributed by atoms with Crippen LogP contribution in [0, 0.1) is 6.92 Å². The highest BCUT2D eigenvalue weighted by atomic mass is 35.5. The molecule has 10 heteroatoms. The molecule has 1 amide bonds. The van der Waals surface area contributed by atoms with Crippen LogP contribution in [0.15, 0.2) is 73.1 Å². The van der Waals surface area contributed by atoms with E-state index in [0.29, 0.717) is 39.7 Å². The zero-order valence-electron chi connectivity index (χ0n) is 20.5. The van der Waals surface area contributed by atoms with E-state index < -0.39 is 11.6 Å². The highest BCUT2D eigenvalue weighted by molar-refractivity contribution is 6.35. The minimum Gasteiger partial charge on any atom is -0.365 e. The van der Waals surface area contributed by atoms with Gasteiger partial charge >= 0.3 is 0 Å². The molecule has 0 saturated heterocycles. The normalized spacial score (nSPS) is 14.6. The molecule has 2 unspecified atom stereocenters. The van der Waals surface area contributed by atoms with Gasteiger partial charge in [-0.3, -0.25) is 4.79 Å². The van der Waals surface area contributed by atoms with Crippen LogP contribution >= 0.6 is 58.0 Å². The van der Waals surface area contributed by atoms with E-state index in [9.17, 15) is 4.79 Å². The Morgan fingerprint density at radius 1 is 0.947 bits per heavy atom. The van der Waals surface area contributed by atoms with Crippen LogP contribution in [0.3, 0.4) is 0 Å². The SMILES string of the molecule is Cc1cc(Cl)ccc1NC(=O)CCN1C=CN(C(Cl)C(OCc2ccc(Cl)cc2Cl)c2ccc(Cl)cc2)C1. The lowest BCUT2D eigenvalue weighted by molar-refractivity contribution is -0.116. The van der Waals surface area contributed by atoms with Crippen molar-refractivity contribution >= 4 is 69.6 Å². The lowest BCUT2D eigenvalue weighted by Gasteiger charge is -2.31. The second-order valence-corrected chi connectivity index (χ2v) is 11.1. The number of rotatable bonds is 10. The molecule has 4 rings (SSSR count). The number of carbonyl (C=O) groups excluding carboxylic acids is 1. The van der Waals surface area contributed by atoms with Gasteiger partial charge in [-0.15, -0.1) is 0 Å². The number of hydrogen-bond donors (Lipinski definition) is 1. The predicted octanol–water partition coefficient (Wildman–Crippen LogP) is 8.51. The van der Waals surface area contributed by atoms with Crippen molar-refractivity contribution in [3.63, 3.8) is 0 Å². The number of alkyl halides is 1. The molecule has 0 aliphatic carbocycles. The third-order valence-electron chi connectivity index (χ3n) is 6.10. The van der Waals surface area contributed by atoms with Gasteiger partial charge in [-0.1, -0.05) is 76.2 Å². The first-order valence-corrected chi connectivity index (χ1v) is 13.8. The maximum Gasteiger partial charge on any atom is 0.226 e. The van der Waals surface area contributed by atoms with Crippen molar-refractivity contribution in [2.45, 2.75) is 31.6 Å². The number of halogens is 5. The molecule has 1 aliphatic rings. The predicted molar refractivity (Wildman–Crippen MR) is 157 cm³/mol. The van der Waals surface area contributed by atoms with Crippen LogP contribution in [-0.2, 0) is 16.1 Å². The first-order valence-electron chi connectivity index (χ1n) is 11.9. The fourth-order valence-electron chi connectivity index (χ4n) is 3.99. The van der Waals surface area contributed by atoms with E-state index in [1.54, 1.807) is 36.4 Å². The van der Waals surface area contributed by atoms with Gasteiger partial charge in [0.2, 0.25) is 5.91 Å². The highest BCUT2D eigenvalue weighted by Crippen LogP contribution is 2.33. The third kappa shape index (κ3) is 7.72. The van der Waals surface area contributed by atoms with Gasteiger partial charge in [0.1, 0.15) is 11.6 Å². The average molecular weight is 614 g/mol. The van der Waals surface area contributed by atoms with Crippen molar-refractivity contribution < 1.29 is 9.53 Å². The molecule has 2 atom stereocenters. The fraction of sp³-hybridized carbons (Fsp3) is 0.250. The summed E-state index contributed by atoms with van der Waals surface area (Å²) in [6, 6.07) is 18.1. The minimum absolute atomic E-state index is 0.0769. The van der Waals surface area contributed by atoms with Crippen molar-refractivity contribution in [1.82, 2.24) is 9.80 Å². The summed E-state index contributed by atoms with van der Waals surface area (Å²) < 4.78 is 6.30. The molecule has 3 aromatic rings. The van der Waals surface area contributed by atoms with Crippen molar-refractivity contribution in [2.24, 2.45) is 0 Å². The van der Waals surface area contributed by atoms with Crippen LogP contribution in [0.2, 0.25) is 20.1 Å². The lowest BCUT2D eigenvalue weighted by atomic mass is 10.1. The van der Waals surface area contributed by atoms with Gasteiger partial charge in [0, 0.05) is 51.1 Å². The van der Waals surface area contributed by atoms with E-state index in [1.165, 1.54) is 0 Å². The molecule has 0 fully saturated rings. The third-order valence-corrected chi connectivity index (χ3v) is 7.65. The van der Waals surface area contributed by atoms with E-state index in [0.717, 1.165) is 22.4 Å². The second-order valence-electron chi connectivity index (χ2n) is 8.92. The van der Waals surface area contributed by atoms with E-state index in [-0.39, 0.29) is 12.5 Å². The molecule has 38 heavy (non-hydrogen) atoms. The summed E-state index contributed by atoms with van der Waals surface area (Å²) in [6.45, 7) is 3.19. The van der Waals surface area contributed by atoms with Gasteiger partial charge in [-0.05, 0) is 66.1 Å². The molecular formula is C28H26Cl5N3O2. The number of aryl methyl sites for hydroxylation is 1. The molecular weight excluding hydrogens is 588 g/mol. The summed E-state index contributed by atoms with van der Waals surface area (Å²) >= 11 is 31.5. The molecule has 1 aliphatic heterocycles. The Balaban J connectivity index is 1.36. The number of nitrogens with zero attached hydrogens (tertiary/aromatic N) is 2. The Morgan fingerprint density at radius 3 is 2.34 bits per heavy atom. The largest absolute Gasteiger partial charge is 0.365 e. The van der Waals surface area contributed by atoms with Crippen LogP contribution in [0.4, 0.5) is 5.69 Å². The zero-order valence-corrected chi connectivity index (χ0v) is 24.3. The zero-order chi connectivity index (χ0) is 27.2. The molecule has 1 heterocycles. The Labute approximate surface area is 247 Å². The molecule has 0 aromatic heterocycles. The summed E-state index contributed by atoms with van der Waals surface area (Å²) in [4.78, 5) is 16.5. The minimum atomic E-state index is -0.533. The van der Waals surface area contributed by atoms with Crippen molar-refractivity contribution in [2.75, 3.05) is 18.5 Å². The van der Waals surface area contributed by atoms with Crippen molar-refractivity contribution in [1.29, 1.82) is 0 Å². The summed E-state index contributed by atoms with van der Waals surface area (Å²) in [7, 11) is 0. The van der Waals surface area contributed by atoms with E-state index in [4.69, 9.17) is 62.7 Å². The number of ether oxygens (including phenoxy) is 1. The van der Waals surface area contributed by atoms with Crippen LogP contribution in [0.25, 0.3) is 0 Å². The maximum absolute atomic E-state index is 12.5. The number of nitrogens with one attached hydrogen (secondary N) is 1. The summed E-state index contributed by atoms with van der Waals surface area (Å²) in [5.74, 6) is -0.0769. The highest BCUT2D eigenvalue weighted by Gasteiger charge is 2.29. The molecule has 0 spiro atoms. The summed E-state index contributed by atoms with van der Waals surface area (Å²) in [6.07, 6.45) is 3.66. The Bertz CT molecular complexity index is 1300. The second kappa shape index (κ2) is 13.3. The van der Waals surface area contributed by atoms with E-state index in [2.05, 4.69) is 5.32 Å². The van der Waals surface area contributed by atoms with Crippen LogP contribution in [0.5, 0.6) is 0 Å². The Hall–Kier alpha value is -2.12. The number of anilines is 1. The molecule has 5 nitrogen and oxygen atoms in total. The smallest absolute Gasteiger partial charge is 0.226 e. The molecule has 0 saturated carbocycles. The van der Waals surface area contributed by atoms with Crippen molar-refractivity contribution in [3.8, 4) is 0 Å². The molecule has 0 bridgehead atoms. The quantitative estimate of drug-likeness (QED) is 0.184. The van der Waals surface area contributed by atoms with Gasteiger partial charge in [0.05, 0.1) is 13.3 Å². The van der Waals surface area contributed by atoms with E-state index >= 15 is 0 Å². The van der Waals surface area contributed by atoms with Crippen LogP contribution in [-0.4, -0.2) is 34.4 Å². The van der Waals surface area contributed by atoms with Crippen LogP contribution in [0.1, 0.15) is 29.2 Å². The summed E-state index contributed by atoms with van der Waals surface area (Å²) in [5.41, 5.74) is 2.82. The first kappa shape index (κ1) is 28.9. The number of hydrogen-bond acceptors (Lipinski definition) is 4. The van der Waals surface area contributed by atoms with Crippen LogP contribution < -0.4 is 5.32 Å². The number of carbonyl (C=O) groups is 1. The number of amides is 1. The maximum atomic E-state index is 12.5. The van der Waals surface area contributed by atoms with Gasteiger partial charge in [-0.25, -0.2) is 0 Å². The summed E-state index contributed by atoms with van der Waals surface area (Å²) in [5, 5.41) is 5.28. The fourth-order valence-corrected chi connectivity index (χ4v) is 5.15. The topological polar surface area (TPSA) is 44.8 Å². The van der Waals surface area contributed by atoms with Gasteiger partial charge in [0.25, 0.3) is 0 Å². The van der Waals surface area contributed by atoms with Crippen molar-refractivity contribution in [3.05, 3.63) is 110 Å². The van der Waals surface area contributed by atoms with Gasteiger partial charge in [-0.2, -0.15) is 0 Å².